The first-order valence-corrected chi connectivity index (χ1v) is 12.3. The average molecular weight is 500 g/mol. The van der Waals surface area contributed by atoms with Crippen LogP contribution < -0.4 is 4.90 Å². The predicted molar refractivity (Wildman–Crippen MR) is 142 cm³/mol. The van der Waals surface area contributed by atoms with E-state index in [1.165, 1.54) is 25.1 Å². The summed E-state index contributed by atoms with van der Waals surface area (Å²) in [6.45, 7) is 3.89. The van der Waals surface area contributed by atoms with Crippen LogP contribution in [0.3, 0.4) is 0 Å². The minimum absolute atomic E-state index is 0.0132. The first kappa shape index (κ1) is 25.8. The molecule has 0 spiro atoms. The molecular formula is C30H30FN3O3. The number of hydrogen-bond acceptors (Lipinski definition) is 3. The fourth-order valence-corrected chi connectivity index (χ4v) is 4.28. The summed E-state index contributed by atoms with van der Waals surface area (Å²) in [5, 5.41) is 0. The molecule has 37 heavy (non-hydrogen) atoms. The molecule has 1 aliphatic heterocycles. The van der Waals surface area contributed by atoms with Gasteiger partial charge in [0.1, 0.15) is 5.82 Å². The predicted octanol–water partition coefficient (Wildman–Crippen LogP) is 4.31. The molecule has 3 amide bonds. The van der Waals surface area contributed by atoms with Gasteiger partial charge in [0.15, 0.2) is 0 Å². The van der Waals surface area contributed by atoms with Crippen molar-refractivity contribution in [2.45, 2.75) is 19.9 Å². The van der Waals surface area contributed by atoms with Crippen LogP contribution in [0.15, 0.2) is 84.9 Å². The Labute approximate surface area is 216 Å². The van der Waals surface area contributed by atoms with E-state index >= 15 is 0 Å². The van der Waals surface area contributed by atoms with Crippen molar-refractivity contribution in [2.75, 3.05) is 31.1 Å². The zero-order valence-electron chi connectivity index (χ0n) is 20.8. The molecular weight excluding hydrogens is 469 g/mol. The second kappa shape index (κ2) is 12.1. The number of carbonyl (C=O) groups is 3. The smallest absolute Gasteiger partial charge is 0.251 e. The van der Waals surface area contributed by atoms with Crippen LogP contribution in [0.4, 0.5) is 10.1 Å². The number of anilines is 1. The van der Waals surface area contributed by atoms with Crippen molar-refractivity contribution in [1.82, 2.24) is 9.80 Å². The summed E-state index contributed by atoms with van der Waals surface area (Å²) in [4.78, 5) is 42.9. The minimum atomic E-state index is -0.338. The zero-order chi connectivity index (χ0) is 26.2. The second-order valence-corrected chi connectivity index (χ2v) is 9.03. The number of amides is 3. The molecule has 4 rings (SSSR count). The summed E-state index contributed by atoms with van der Waals surface area (Å²) < 4.78 is 13.5. The highest BCUT2D eigenvalue weighted by Crippen LogP contribution is 2.21. The first-order chi connectivity index (χ1) is 17.9. The van der Waals surface area contributed by atoms with Crippen LogP contribution in [0, 0.1) is 5.82 Å². The van der Waals surface area contributed by atoms with E-state index in [9.17, 15) is 18.8 Å². The SMILES string of the molecule is CC(=O)N1CCN(C(=O)Cc2cccc(N(Cc3ccc(F)cc3)C(=O)/C=C/c3ccccc3)c2)CC1. The highest BCUT2D eigenvalue weighted by atomic mass is 19.1. The normalized spacial score (nSPS) is 13.6. The highest BCUT2D eigenvalue weighted by molar-refractivity contribution is 6.03. The van der Waals surface area contributed by atoms with Gasteiger partial charge in [-0.15, -0.1) is 0 Å². The molecule has 0 aliphatic carbocycles. The molecule has 3 aromatic carbocycles. The van der Waals surface area contributed by atoms with Crippen molar-refractivity contribution in [3.8, 4) is 0 Å². The van der Waals surface area contributed by atoms with E-state index < -0.39 is 0 Å². The van der Waals surface area contributed by atoms with Gasteiger partial charge in [0.25, 0.3) is 5.91 Å². The Morgan fingerprint density at radius 2 is 1.51 bits per heavy atom. The summed E-state index contributed by atoms with van der Waals surface area (Å²) in [6.07, 6.45) is 3.48. The lowest BCUT2D eigenvalue weighted by Crippen LogP contribution is -2.50. The summed E-state index contributed by atoms with van der Waals surface area (Å²) in [6, 6.07) is 23.0. The van der Waals surface area contributed by atoms with Crippen molar-refractivity contribution in [3.63, 3.8) is 0 Å². The van der Waals surface area contributed by atoms with Gasteiger partial charge in [-0.1, -0.05) is 54.6 Å². The maximum absolute atomic E-state index is 13.5. The van der Waals surface area contributed by atoms with Crippen LogP contribution in [0.25, 0.3) is 6.08 Å². The quantitative estimate of drug-likeness (QED) is 0.456. The topological polar surface area (TPSA) is 60.9 Å². The third-order valence-corrected chi connectivity index (χ3v) is 6.39. The number of carbonyl (C=O) groups excluding carboxylic acids is 3. The molecule has 1 heterocycles. The van der Waals surface area contributed by atoms with E-state index in [-0.39, 0.29) is 36.5 Å². The van der Waals surface area contributed by atoms with Crippen molar-refractivity contribution in [1.29, 1.82) is 0 Å². The summed E-state index contributed by atoms with van der Waals surface area (Å²) in [5.41, 5.74) is 3.13. The molecule has 1 saturated heterocycles. The van der Waals surface area contributed by atoms with Crippen molar-refractivity contribution in [3.05, 3.63) is 107 Å². The molecule has 0 N–H and O–H groups in total. The largest absolute Gasteiger partial charge is 0.339 e. The van der Waals surface area contributed by atoms with Crippen molar-refractivity contribution < 1.29 is 18.8 Å². The Bertz CT molecular complexity index is 1270. The van der Waals surface area contributed by atoms with E-state index in [4.69, 9.17) is 0 Å². The van der Waals surface area contributed by atoms with Gasteiger partial charge in [-0.3, -0.25) is 14.4 Å². The molecule has 0 unspecified atom stereocenters. The Hall–Kier alpha value is -4.26. The fourth-order valence-electron chi connectivity index (χ4n) is 4.28. The van der Waals surface area contributed by atoms with Gasteiger partial charge in [-0.2, -0.15) is 0 Å². The van der Waals surface area contributed by atoms with Crippen LogP contribution in [-0.2, 0) is 27.3 Å². The number of hydrogen-bond donors (Lipinski definition) is 0. The summed E-state index contributed by atoms with van der Waals surface area (Å²) >= 11 is 0. The second-order valence-electron chi connectivity index (χ2n) is 9.03. The van der Waals surface area contributed by atoms with Gasteiger partial charge in [0.2, 0.25) is 11.8 Å². The number of benzene rings is 3. The van der Waals surface area contributed by atoms with Gasteiger partial charge in [-0.05, 0) is 47.0 Å². The number of nitrogens with zero attached hydrogens (tertiary/aromatic N) is 3. The Kier molecular flexibility index (Phi) is 8.46. The van der Waals surface area contributed by atoms with Crippen LogP contribution in [0.1, 0.15) is 23.6 Å². The van der Waals surface area contributed by atoms with E-state index in [1.807, 2.05) is 54.6 Å². The van der Waals surface area contributed by atoms with E-state index in [2.05, 4.69) is 0 Å². The van der Waals surface area contributed by atoms with Crippen LogP contribution >= 0.6 is 0 Å². The van der Waals surface area contributed by atoms with Crippen LogP contribution in [0.5, 0.6) is 0 Å². The third-order valence-electron chi connectivity index (χ3n) is 6.39. The summed E-state index contributed by atoms with van der Waals surface area (Å²) in [7, 11) is 0. The molecule has 1 fully saturated rings. The van der Waals surface area contributed by atoms with Crippen LogP contribution in [-0.4, -0.2) is 53.7 Å². The van der Waals surface area contributed by atoms with E-state index in [0.29, 0.717) is 31.9 Å². The monoisotopic (exact) mass is 499 g/mol. The Morgan fingerprint density at radius 1 is 0.838 bits per heavy atom. The van der Waals surface area contributed by atoms with E-state index in [1.54, 1.807) is 32.9 Å². The van der Waals surface area contributed by atoms with Gasteiger partial charge >= 0.3 is 0 Å². The third kappa shape index (κ3) is 7.13. The maximum atomic E-state index is 13.5. The van der Waals surface area contributed by atoms with Gasteiger partial charge in [-0.25, -0.2) is 4.39 Å². The zero-order valence-corrected chi connectivity index (χ0v) is 20.8. The Morgan fingerprint density at radius 3 is 2.19 bits per heavy atom. The lowest BCUT2D eigenvalue weighted by molar-refractivity contribution is -0.138. The van der Waals surface area contributed by atoms with Gasteiger partial charge < -0.3 is 14.7 Å². The lowest BCUT2D eigenvalue weighted by Gasteiger charge is -2.34. The first-order valence-electron chi connectivity index (χ1n) is 12.3. The lowest BCUT2D eigenvalue weighted by atomic mass is 10.1. The summed E-state index contributed by atoms with van der Waals surface area (Å²) in [5.74, 6) is -0.556. The standard InChI is InChI=1S/C30H30FN3O3/c1-23(35)32-16-18-33(19-17-32)30(37)21-26-8-5-9-28(20-26)34(22-25-10-13-27(31)14-11-25)29(36)15-12-24-6-3-2-4-7-24/h2-15,20H,16-19,21-22H2,1H3/b15-12+. The molecule has 0 bridgehead atoms. The van der Waals surface area contributed by atoms with Crippen molar-refractivity contribution >= 4 is 29.5 Å². The molecule has 0 atom stereocenters. The van der Waals surface area contributed by atoms with Crippen molar-refractivity contribution in [2.24, 2.45) is 0 Å². The average Bonchev–Trinajstić information content (AvgIpc) is 2.92. The molecule has 3 aromatic rings. The molecule has 0 radical (unpaired) electrons. The maximum Gasteiger partial charge on any atom is 0.251 e. The molecule has 1 aliphatic rings. The number of rotatable bonds is 7. The molecule has 6 nitrogen and oxygen atoms in total. The number of piperazine rings is 1. The number of halogens is 1. The Balaban J connectivity index is 1.52. The molecule has 190 valence electrons. The van der Waals surface area contributed by atoms with Gasteiger partial charge in [0, 0.05) is 44.9 Å². The fraction of sp³-hybridized carbons (Fsp3) is 0.233. The van der Waals surface area contributed by atoms with E-state index in [0.717, 1.165) is 16.7 Å². The molecule has 7 heteroatoms. The highest BCUT2D eigenvalue weighted by Gasteiger charge is 2.23. The molecule has 0 saturated carbocycles. The minimum Gasteiger partial charge on any atom is -0.339 e. The van der Waals surface area contributed by atoms with Gasteiger partial charge in [0.05, 0.1) is 13.0 Å². The molecule has 0 aromatic heterocycles. The van der Waals surface area contributed by atoms with Crippen LogP contribution in [0.2, 0.25) is 0 Å².